The Kier molecular flexibility index (Phi) is 1.96. The summed E-state index contributed by atoms with van der Waals surface area (Å²) < 4.78 is 1.05. The molecule has 0 aliphatic carbocycles. The van der Waals surface area contributed by atoms with E-state index in [1.54, 1.807) is 6.20 Å². The first-order chi connectivity index (χ1) is 5.77. The van der Waals surface area contributed by atoms with Crippen molar-refractivity contribution in [2.24, 2.45) is 0 Å². The molecule has 0 saturated carbocycles. The molecule has 0 bridgehead atoms. The largest absolute Gasteiger partial charge is 0.264 e. The van der Waals surface area contributed by atoms with E-state index in [-0.39, 0.29) is 0 Å². The molecule has 0 unspecified atom stereocenters. The molecule has 0 aliphatic heterocycles. The minimum absolute atomic E-state index is 1.04. The zero-order valence-electron chi connectivity index (χ0n) is 6.58. The molecule has 0 N–H and O–H groups in total. The standard InChI is InChI=1S/C9H7IN2/c1-6-4-7-5-11-3-2-8(7)9(10)12-6/h2-5H,1H3. The molecule has 2 nitrogen and oxygen atoms in total. The first-order valence-corrected chi connectivity index (χ1v) is 4.72. The molecule has 2 rings (SSSR count). The van der Waals surface area contributed by atoms with Crippen molar-refractivity contribution >= 4 is 33.4 Å². The smallest absolute Gasteiger partial charge is 0.109 e. The number of halogens is 1. The zero-order valence-corrected chi connectivity index (χ0v) is 8.74. The molecule has 3 heteroatoms. The molecule has 0 spiro atoms. The van der Waals surface area contributed by atoms with Gasteiger partial charge >= 0.3 is 0 Å². The summed E-state index contributed by atoms with van der Waals surface area (Å²) >= 11 is 2.24. The van der Waals surface area contributed by atoms with Crippen molar-refractivity contribution in [3.8, 4) is 0 Å². The lowest BCUT2D eigenvalue weighted by Crippen LogP contribution is -1.87. The number of pyridine rings is 2. The normalized spacial score (nSPS) is 10.5. The van der Waals surface area contributed by atoms with Crippen molar-refractivity contribution in [1.29, 1.82) is 0 Å². The van der Waals surface area contributed by atoms with Crippen LogP contribution in [0.25, 0.3) is 10.8 Å². The Hall–Kier alpha value is -0.710. The minimum Gasteiger partial charge on any atom is -0.264 e. The van der Waals surface area contributed by atoms with Gasteiger partial charge < -0.3 is 0 Å². The number of hydrogen-bond acceptors (Lipinski definition) is 2. The third kappa shape index (κ3) is 1.29. The van der Waals surface area contributed by atoms with Crippen LogP contribution in [0.1, 0.15) is 5.69 Å². The highest BCUT2D eigenvalue weighted by Gasteiger charge is 1.99. The summed E-state index contributed by atoms with van der Waals surface area (Å²) in [6.07, 6.45) is 3.66. The van der Waals surface area contributed by atoms with Crippen LogP contribution in [0, 0.1) is 10.6 Å². The van der Waals surface area contributed by atoms with Gasteiger partial charge in [-0.1, -0.05) is 0 Å². The van der Waals surface area contributed by atoms with Crippen LogP contribution in [-0.2, 0) is 0 Å². The van der Waals surface area contributed by atoms with Crippen LogP contribution in [0.3, 0.4) is 0 Å². The molecule has 12 heavy (non-hydrogen) atoms. The van der Waals surface area contributed by atoms with Gasteiger partial charge in [-0.15, -0.1) is 0 Å². The molecule has 0 aliphatic rings. The van der Waals surface area contributed by atoms with Gasteiger partial charge in [-0.2, -0.15) is 0 Å². The average Bonchev–Trinajstić information content (AvgIpc) is 2.04. The number of aromatic nitrogens is 2. The molecule has 0 fully saturated rings. The summed E-state index contributed by atoms with van der Waals surface area (Å²) in [5, 5.41) is 2.34. The summed E-state index contributed by atoms with van der Waals surface area (Å²) in [5.74, 6) is 0. The van der Waals surface area contributed by atoms with Gasteiger partial charge in [0, 0.05) is 28.9 Å². The van der Waals surface area contributed by atoms with Crippen LogP contribution < -0.4 is 0 Å². The van der Waals surface area contributed by atoms with Crippen LogP contribution in [0.15, 0.2) is 24.5 Å². The number of nitrogens with zero attached hydrogens (tertiary/aromatic N) is 2. The summed E-state index contributed by atoms with van der Waals surface area (Å²) in [6, 6.07) is 4.04. The molecule has 60 valence electrons. The Labute approximate surface area is 84.2 Å². The SMILES string of the molecule is Cc1cc2cnccc2c(I)n1. The van der Waals surface area contributed by atoms with E-state index in [4.69, 9.17) is 0 Å². The monoisotopic (exact) mass is 270 g/mol. The number of fused-ring (bicyclic) bond motifs is 1. The van der Waals surface area contributed by atoms with E-state index in [2.05, 4.69) is 32.6 Å². The third-order valence-corrected chi connectivity index (χ3v) is 2.54. The lowest BCUT2D eigenvalue weighted by molar-refractivity contribution is 1.18. The number of hydrogen-bond donors (Lipinski definition) is 0. The Bertz CT molecular complexity index is 426. The molecule has 2 aromatic rings. The zero-order chi connectivity index (χ0) is 8.55. The summed E-state index contributed by atoms with van der Waals surface area (Å²) in [4.78, 5) is 8.42. The van der Waals surface area contributed by atoms with Crippen molar-refractivity contribution < 1.29 is 0 Å². The highest BCUT2D eigenvalue weighted by molar-refractivity contribution is 14.1. The maximum atomic E-state index is 4.36. The van der Waals surface area contributed by atoms with E-state index in [1.807, 2.05) is 25.3 Å². The van der Waals surface area contributed by atoms with Crippen molar-refractivity contribution in [1.82, 2.24) is 9.97 Å². The molecule has 0 amide bonds. The van der Waals surface area contributed by atoms with Crippen molar-refractivity contribution in [2.75, 3.05) is 0 Å². The maximum absolute atomic E-state index is 4.36. The summed E-state index contributed by atoms with van der Waals surface area (Å²) in [7, 11) is 0. The van der Waals surface area contributed by atoms with Crippen LogP contribution in [-0.4, -0.2) is 9.97 Å². The maximum Gasteiger partial charge on any atom is 0.109 e. The fraction of sp³-hybridized carbons (Fsp3) is 0.111. The number of rotatable bonds is 0. The molecule has 0 radical (unpaired) electrons. The van der Waals surface area contributed by atoms with Crippen LogP contribution in [0.5, 0.6) is 0 Å². The molecule has 2 heterocycles. The summed E-state index contributed by atoms with van der Waals surface area (Å²) in [6.45, 7) is 1.99. The highest BCUT2D eigenvalue weighted by atomic mass is 127. The fourth-order valence-corrected chi connectivity index (χ4v) is 2.05. The molecule has 0 aromatic carbocycles. The van der Waals surface area contributed by atoms with Gasteiger partial charge in [0.15, 0.2) is 0 Å². The molecule has 0 saturated heterocycles. The first kappa shape index (κ1) is 7.91. The predicted molar refractivity (Wildman–Crippen MR) is 57.0 cm³/mol. The lowest BCUT2D eigenvalue weighted by atomic mass is 10.2. The van der Waals surface area contributed by atoms with Gasteiger partial charge in [0.1, 0.15) is 3.70 Å². The van der Waals surface area contributed by atoms with E-state index in [0.717, 1.165) is 14.8 Å². The van der Waals surface area contributed by atoms with Crippen molar-refractivity contribution in [3.05, 3.63) is 33.9 Å². The highest BCUT2D eigenvalue weighted by Crippen LogP contribution is 2.18. The van der Waals surface area contributed by atoms with Gasteiger partial charge in [0.25, 0.3) is 0 Å². The van der Waals surface area contributed by atoms with Crippen LogP contribution >= 0.6 is 22.6 Å². The van der Waals surface area contributed by atoms with Crippen LogP contribution in [0.4, 0.5) is 0 Å². The van der Waals surface area contributed by atoms with Gasteiger partial charge in [-0.3, -0.25) is 4.98 Å². The second kappa shape index (κ2) is 2.97. The average molecular weight is 270 g/mol. The Balaban J connectivity index is 2.89. The summed E-state index contributed by atoms with van der Waals surface area (Å²) in [5.41, 5.74) is 1.04. The Morgan fingerprint density at radius 1 is 1.42 bits per heavy atom. The molecule has 0 atom stereocenters. The number of aryl methyl sites for hydroxylation is 1. The topological polar surface area (TPSA) is 25.8 Å². The van der Waals surface area contributed by atoms with Crippen molar-refractivity contribution in [3.63, 3.8) is 0 Å². The van der Waals surface area contributed by atoms with Crippen molar-refractivity contribution in [2.45, 2.75) is 6.92 Å². The molecular formula is C9H7IN2. The first-order valence-electron chi connectivity index (χ1n) is 3.64. The molecular weight excluding hydrogens is 263 g/mol. The van der Waals surface area contributed by atoms with Gasteiger partial charge in [-0.05, 0) is 41.6 Å². The fourth-order valence-electron chi connectivity index (χ4n) is 1.18. The van der Waals surface area contributed by atoms with Gasteiger partial charge in [0.2, 0.25) is 0 Å². The minimum atomic E-state index is 1.04. The van der Waals surface area contributed by atoms with Gasteiger partial charge in [-0.25, -0.2) is 4.98 Å². The van der Waals surface area contributed by atoms with Crippen LogP contribution in [0.2, 0.25) is 0 Å². The van der Waals surface area contributed by atoms with E-state index in [0.29, 0.717) is 0 Å². The molecule has 2 aromatic heterocycles. The Morgan fingerprint density at radius 2 is 2.25 bits per heavy atom. The van der Waals surface area contributed by atoms with E-state index in [9.17, 15) is 0 Å². The van der Waals surface area contributed by atoms with E-state index in [1.165, 1.54) is 5.39 Å². The second-order valence-corrected chi connectivity index (χ2v) is 3.67. The quantitative estimate of drug-likeness (QED) is 0.543. The lowest BCUT2D eigenvalue weighted by Gasteiger charge is -1.99. The predicted octanol–water partition coefficient (Wildman–Crippen LogP) is 2.54. The van der Waals surface area contributed by atoms with Gasteiger partial charge in [0.05, 0.1) is 0 Å². The Morgan fingerprint density at radius 3 is 3.08 bits per heavy atom. The second-order valence-electron chi connectivity index (χ2n) is 2.65. The third-order valence-electron chi connectivity index (χ3n) is 1.71. The van der Waals surface area contributed by atoms with E-state index >= 15 is 0 Å². The van der Waals surface area contributed by atoms with E-state index < -0.39 is 0 Å².